The Morgan fingerprint density at radius 3 is 2.67 bits per heavy atom. The van der Waals surface area contributed by atoms with E-state index in [1.807, 2.05) is 0 Å². The van der Waals surface area contributed by atoms with Crippen molar-refractivity contribution in [2.24, 2.45) is 0 Å². The summed E-state index contributed by atoms with van der Waals surface area (Å²) in [6.07, 6.45) is 1.51. The molecule has 2 heterocycles. The van der Waals surface area contributed by atoms with E-state index in [4.69, 9.17) is 5.73 Å². The van der Waals surface area contributed by atoms with Crippen LogP contribution in [0.2, 0.25) is 0 Å². The summed E-state index contributed by atoms with van der Waals surface area (Å²) in [6.45, 7) is 0. The van der Waals surface area contributed by atoms with Crippen LogP contribution in [0, 0.1) is 11.6 Å². The summed E-state index contributed by atoms with van der Waals surface area (Å²) >= 11 is 0.955. The number of thioether (sulfide) groups is 1. The number of nitrogens with two attached hydrogens (primary N) is 1. The topological polar surface area (TPSA) is 127 Å². The Hall–Kier alpha value is -2.95. The molecule has 8 nitrogen and oxygen atoms in total. The molecule has 0 bridgehead atoms. The lowest BCUT2D eigenvalue weighted by atomic mass is 10.2. The first-order chi connectivity index (χ1) is 12.8. The molecule has 0 unspecified atom stereocenters. The maximum Gasteiger partial charge on any atom is 0.330 e. The second kappa shape index (κ2) is 6.34. The second-order valence-corrected chi connectivity index (χ2v) is 7.12. The minimum atomic E-state index is -1.02. The average Bonchev–Trinajstić information content (AvgIpc) is 3.34. The van der Waals surface area contributed by atoms with Crippen molar-refractivity contribution in [3.05, 3.63) is 50.2 Å². The molecule has 0 radical (unpaired) electrons. The Labute approximate surface area is 153 Å². The van der Waals surface area contributed by atoms with Crippen molar-refractivity contribution in [3.63, 3.8) is 0 Å². The summed E-state index contributed by atoms with van der Waals surface area (Å²) in [7, 11) is 0. The van der Waals surface area contributed by atoms with Crippen molar-refractivity contribution < 1.29 is 13.6 Å². The highest BCUT2D eigenvalue weighted by molar-refractivity contribution is 7.99. The van der Waals surface area contributed by atoms with Gasteiger partial charge in [0.15, 0.2) is 22.6 Å². The number of carbonyl (C=O) groups is 1. The van der Waals surface area contributed by atoms with E-state index in [1.165, 1.54) is 4.57 Å². The highest BCUT2D eigenvalue weighted by Gasteiger charge is 2.30. The monoisotopic (exact) mass is 393 g/mol. The van der Waals surface area contributed by atoms with Crippen molar-refractivity contribution >= 4 is 34.4 Å². The van der Waals surface area contributed by atoms with Crippen LogP contribution in [0.5, 0.6) is 0 Å². The summed E-state index contributed by atoms with van der Waals surface area (Å²) in [5, 5.41) is 0.258. The molecule has 1 aliphatic carbocycles. The van der Waals surface area contributed by atoms with Gasteiger partial charge in [-0.2, -0.15) is 0 Å². The first kappa shape index (κ1) is 17.5. The Kier molecular flexibility index (Phi) is 4.10. The number of aromatic amines is 2. The minimum absolute atomic E-state index is 0.103. The number of H-pyrrole nitrogens is 2. The van der Waals surface area contributed by atoms with E-state index in [1.54, 1.807) is 0 Å². The third-order valence-corrected chi connectivity index (χ3v) is 5.09. The van der Waals surface area contributed by atoms with Gasteiger partial charge in [-0.25, -0.2) is 18.6 Å². The molecule has 3 aromatic rings. The molecule has 0 aliphatic heterocycles. The predicted molar refractivity (Wildman–Crippen MR) is 95.1 cm³/mol. The lowest BCUT2D eigenvalue weighted by Gasteiger charge is -2.10. The summed E-state index contributed by atoms with van der Waals surface area (Å²) < 4.78 is 27.7. The number of hydrogen-bond acceptors (Lipinski definition) is 6. The fourth-order valence-electron chi connectivity index (χ4n) is 2.79. The Balaban J connectivity index is 1.59. The number of nitrogen functional groups attached to an aromatic ring is 1. The molecule has 1 aliphatic rings. The highest BCUT2D eigenvalue weighted by atomic mass is 32.2. The smallest absolute Gasteiger partial charge is 0.330 e. The Morgan fingerprint density at radius 2 is 1.96 bits per heavy atom. The molecule has 27 heavy (non-hydrogen) atoms. The maximum absolute atomic E-state index is 13.3. The standard InChI is InChI=1S/C16H13F2N5O3S/c17-7-3-9-10(4-8(7)18)21-15(20-9)27-5-11(24)12-13(19)23(6-1-2-6)16(26)22-14(12)25/h3-4,6H,1-2,5,19H2,(H,20,21)(H,22,25,26). The molecule has 1 saturated carbocycles. The van der Waals surface area contributed by atoms with Gasteiger partial charge in [-0.3, -0.25) is 19.1 Å². The van der Waals surface area contributed by atoms with Crippen LogP contribution in [0.1, 0.15) is 29.2 Å². The van der Waals surface area contributed by atoms with Gasteiger partial charge >= 0.3 is 5.69 Å². The summed E-state index contributed by atoms with van der Waals surface area (Å²) in [6, 6.07) is 1.81. The molecule has 1 fully saturated rings. The van der Waals surface area contributed by atoms with E-state index in [-0.39, 0.29) is 39.4 Å². The fourth-order valence-corrected chi connectivity index (χ4v) is 3.54. The lowest BCUT2D eigenvalue weighted by Crippen LogP contribution is -2.36. The third-order valence-electron chi connectivity index (χ3n) is 4.22. The third kappa shape index (κ3) is 3.14. The average molecular weight is 393 g/mol. The van der Waals surface area contributed by atoms with Crippen LogP contribution in [0.25, 0.3) is 11.0 Å². The van der Waals surface area contributed by atoms with Gasteiger partial charge < -0.3 is 10.7 Å². The number of rotatable bonds is 5. The number of Topliss-reactive ketones (excluding diaryl/α,β-unsaturated/α-hetero) is 1. The van der Waals surface area contributed by atoms with Gasteiger partial charge in [0.1, 0.15) is 11.4 Å². The molecular formula is C16H13F2N5O3S. The number of anilines is 1. The highest BCUT2D eigenvalue weighted by Crippen LogP contribution is 2.35. The number of fused-ring (bicyclic) bond motifs is 1. The normalized spacial score (nSPS) is 14.0. The SMILES string of the molecule is Nc1c(C(=O)CSc2nc3cc(F)c(F)cc3[nH]2)c(=O)[nH]c(=O)n1C1CC1. The van der Waals surface area contributed by atoms with Crippen LogP contribution in [0.4, 0.5) is 14.6 Å². The van der Waals surface area contributed by atoms with E-state index in [0.29, 0.717) is 0 Å². The first-order valence-electron chi connectivity index (χ1n) is 8.00. The van der Waals surface area contributed by atoms with Crippen molar-refractivity contribution in [2.75, 3.05) is 11.5 Å². The van der Waals surface area contributed by atoms with Crippen LogP contribution in [0.3, 0.4) is 0 Å². The van der Waals surface area contributed by atoms with E-state index in [0.717, 1.165) is 36.7 Å². The van der Waals surface area contributed by atoms with E-state index < -0.39 is 28.7 Å². The number of imidazole rings is 1. The number of nitrogens with one attached hydrogen (secondary N) is 2. The van der Waals surface area contributed by atoms with Gasteiger partial charge in [0.25, 0.3) is 5.56 Å². The molecular weight excluding hydrogens is 380 g/mol. The number of halogens is 2. The van der Waals surface area contributed by atoms with Gasteiger partial charge in [-0.05, 0) is 12.8 Å². The van der Waals surface area contributed by atoms with Crippen LogP contribution in [-0.4, -0.2) is 31.1 Å². The van der Waals surface area contributed by atoms with Gasteiger partial charge in [-0.1, -0.05) is 11.8 Å². The number of aromatic nitrogens is 4. The van der Waals surface area contributed by atoms with Crippen LogP contribution in [-0.2, 0) is 0 Å². The minimum Gasteiger partial charge on any atom is -0.384 e. The largest absolute Gasteiger partial charge is 0.384 e. The number of hydrogen-bond donors (Lipinski definition) is 3. The number of ketones is 1. The van der Waals surface area contributed by atoms with E-state index in [9.17, 15) is 23.2 Å². The van der Waals surface area contributed by atoms with Crippen molar-refractivity contribution in [1.82, 2.24) is 19.5 Å². The maximum atomic E-state index is 13.3. The molecule has 0 amide bonds. The zero-order chi connectivity index (χ0) is 19.3. The zero-order valence-corrected chi connectivity index (χ0v) is 14.5. The van der Waals surface area contributed by atoms with Gasteiger partial charge in [0.2, 0.25) is 0 Å². The summed E-state index contributed by atoms with van der Waals surface area (Å²) in [5.74, 6) is -2.96. The molecule has 2 aromatic heterocycles. The molecule has 4 N–H and O–H groups in total. The zero-order valence-electron chi connectivity index (χ0n) is 13.7. The molecule has 140 valence electrons. The quantitative estimate of drug-likeness (QED) is 0.446. The van der Waals surface area contributed by atoms with E-state index in [2.05, 4.69) is 15.0 Å². The summed E-state index contributed by atoms with van der Waals surface area (Å²) in [4.78, 5) is 45.4. The number of nitrogens with zero attached hydrogens (tertiary/aromatic N) is 2. The second-order valence-electron chi connectivity index (χ2n) is 6.16. The molecule has 0 atom stereocenters. The van der Waals surface area contributed by atoms with Crippen molar-refractivity contribution in [3.8, 4) is 0 Å². The molecule has 4 rings (SSSR count). The van der Waals surface area contributed by atoms with Crippen LogP contribution >= 0.6 is 11.8 Å². The lowest BCUT2D eigenvalue weighted by molar-refractivity contribution is 0.102. The first-order valence-corrected chi connectivity index (χ1v) is 8.98. The van der Waals surface area contributed by atoms with Crippen molar-refractivity contribution in [2.45, 2.75) is 24.0 Å². The molecule has 11 heteroatoms. The van der Waals surface area contributed by atoms with E-state index >= 15 is 0 Å². The van der Waals surface area contributed by atoms with Crippen molar-refractivity contribution in [1.29, 1.82) is 0 Å². The molecule has 0 saturated heterocycles. The van der Waals surface area contributed by atoms with Gasteiger partial charge in [0.05, 0.1) is 16.8 Å². The Morgan fingerprint density at radius 1 is 1.26 bits per heavy atom. The number of carbonyl (C=O) groups excluding carboxylic acids is 1. The van der Waals surface area contributed by atoms with Crippen LogP contribution < -0.4 is 17.0 Å². The molecule has 0 spiro atoms. The fraction of sp³-hybridized carbons (Fsp3) is 0.250. The number of benzene rings is 1. The molecule has 1 aromatic carbocycles. The van der Waals surface area contributed by atoms with Gasteiger partial charge in [0, 0.05) is 18.2 Å². The van der Waals surface area contributed by atoms with Gasteiger partial charge in [-0.15, -0.1) is 0 Å². The predicted octanol–water partition coefficient (Wildman–Crippen LogP) is 1.58. The summed E-state index contributed by atoms with van der Waals surface area (Å²) in [5.41, 5.74) is 4.64. The van der Waals surface area contributed by atoms with Crippen LogP contribution in [0.15, 0.2) is 26.9 Å². The Bertz CT molecular complexity index is 1160.